The Morgan fingerprint density at radius 1 is 1.15 bits per heavy atom. The van der Waals surface area contributed by atoms with Crippen molar-refractivity contribution in [3.8, 4) is 5.75 Å². The second-order valence-corrected chi connectivity index (χ2v) is 4.72. The maximum Gasteiger partial charge on any atom is 0.132 e. The summed E-state index contributed by atoms with van der Waals surface area (Å²) in [6, 6.07) is 8.77. The van der Waals surface area contributed by atoms with Crippen molar-refractivity contribution in [2.75, 3.05) is 0 Å². The van der Waals surface area contributed by atoms with Gasteiger partial charge in [0.15, 0.2) is 0 Å². The minimum Gasteiger partial charge on any atom is -0.489 e. The number of rotatable bonds is 4. The number of halogens is 2. The molecule has 1 N–H and O–H groups in total. The average molecular weight is 278 g/mol. The number of aryl methyl sites for hydroxylation is 1. The van der Waals surface area contributed by atoms with Crippen LogP contribution in [0.5, 0.6) is 5.75 Å². The molecule has 2 nitrogen and oxygen atoms in total. The van der Waals surface area contributed by atoms with Crippen LogP contribution >= 0.6 is 0 Å². The molecule has 1 atom stereocenters. The monoisotopic (exact) mass is 278 g/mol. The van der Waals surface area contributed by atoms with E-state index in [1.807, 2.05) is 0 Å². The van der Waals surface area contributed by atoms with Gasteiger partial charge in [-0.25, -0.2) is 8.78 Å². The molecule has 2 aromatic carbocycles. The van der Waals surface area contributed by atoms with Gasteiger partial charge in [-0.3, -0.25) is 0 Å². The van der Waals surface area contributed by atoms with E-state index in [9.17, 15) is 13.9 Å². The second kappa shape index (κ2) is 6.01. The Labute approximate surface area is 116 Å². The van der Waals surface area contributed by atoms with Crippen LogP contribution in [0.2, 0.25) is 0 Å². The highest BCUT2D eigenvalue weighted by Crippen LogP contribution is 2.22. The number of benzene rings is 2. The van der Waals surface area contributed by atoms with Crippen LogP contribution in [-0.4, -0.2) is 5.11 Å². The van der Waals surface area contributed by atoms with Crippen molar-refractivity contribution in [2.24, 2.45) is 0 Å². The molecular formula is C16H16F2O2. The molecule has 0 bridgehead atoms. The summed E-state index contributed by atoms with van der Waals surface area (Å²) in [6.07, 6.45) is -0.858. The molecule has 0 aliphatic rings. The lowest BCUT2D eigenvalue weighted by Gasteiger charge is -2.11. The molecule has 0 heterocycles. The Morgan fingerprint density at radius 3 is 2.50 bits per heavy atom. The van der Waals surface area contributed by atoms with E-state index in [-0.39, 0.29) is 18.0 Å². The zero-order valence-corrected chi connectivity index (χ0v) is 11.4. The topological polar surface area (TPSA) is 29.5 Å². The van der Waals surface area contributed by atoms with Crippen LogP contribution in [0, 0.1) is 18.6 Å². The lowest BCUT2D eigenvalue weighted by molar-refractivity contribution is 0.194. The Bertz CT molecular complexity index is 609. The number of aliphatic hydroxyl groups excluding tert-OH is 1. The predicted molar refractivity (Wildman–Crippen MR) is 72.5 cm³/mol. The normalized spacial score (nSPS) is 12.2. The summed E-state index contributed by atoms with van der Waals surface area (Å²) in [7, 11) is 0. The van der Waals surface area contributed by atoms with Crippen LogP contribution in [-0.2, 0) is 6.61 Å². The second-order valence-electron chi connectivity index (χ2n) is 4.72. The number of hydrogen-bond acceptors (Lipinski definition) is 2. The van der Waals surface area contributed by atoms with Crippen LogP contribution in [0.3, 0.4) is 0 Å². The van der Waals surface area contributed by atoms with E-state index in [0.29, 0.717) is 5.75 Å². The minimum atomic E-state index is -0.858. The molecular weight excluding hydrogens is 262 g/mol. The fraction of sp³-hybridized carbons (Fsp3) is 0.250. The van der Waals surface area contributed by atoms with E-state index in [0.717, 1.165) is 11.1 Å². The average Bonchev–Trinajstić information content (AvgIpc) is 2.37. The van der Waals surface area contributed by atoms with Gasteiger partial charge in [0.2, 0.25) is 0 Å². The number of ether oxygens (including phenoxy) is 1. The molecule has 0 saturated carbocycles. The lowest BCUT2D eigenvalue weighted by atomic mass is 10.1. The van der Waals surface area contributed by atoms with Gasteiger partial charge in [-0.05, 0) is 49.2 Å². The fourth-order valence-corrected chi connectivity index (χ4v) is 1.92. The molecule has 0 aromatic heterocycles. The SMILES string of the molecule is Cc1cc(F)ccc1COc1ccc([C@@H](C)O)c(F)c1. The third kappa shape index (κ3) is 3.33. The third-order valence-corrected chi connectivity index (χ3v) is 3.12. The molecule has 106 valence electrons. The summed E-state index contributed by atoms with van der Waals surface area (Å²) >= 11 is 0. The molecule has 0 saturated heterocycles. The van der Waals surface area contributed by atoms with Gasteiger partial charge in [0.25, 0.3) is 0 Å². The quantitative estimate of drug-likeness (QED) is 0.919. The lowest BCUT2D eigenvalue weighted by Crippen LogP contribution is -2.00. The van der Waals surface area contributed by atoms with Crippen molar-refractivity contribution >= 4 is 0 Å². The fourth-order valence-electron chi connectivity index (χ4n) is 1.92. The van der Waals surface area contributed by atoms with E-state index >= 15 is 0 Å². The van der Waals surface area contributed by atoms with E-state index in [1.54, 1.807) is 19.1 Å². The molecule has 4 heteroatoms. The summed E-state index contributed by atoms with van der Waals surface area (Å²) in [5.41, 5.74) is 1.85. The van der Waals surface area contributed by atoms with Crippen LogP contribution in [0.25, 0.3) is 0 Å². The summed E-state index contributed by atoms with van der Waals surface area (Å²) in [5.74, 6) is -0.428. The van der Waals surface area contributed by atoms with Crippen molar-refractivity contribution in [3.05, 3.63) is 64.7 Å². The molecule has 0 fully saturated rings. The summed E-state index contributed by atoms with van der Waals surface area (Å²) < 4.78 is 32.1. The van der Waals surface area contributed by atoms with Gasteiger partial charge in [0.05, 0.1) is 6.10 Å². The Kier molecular flexibility index (Phi) is 4.35. The first-order chi connectivity index (χ1) is 9.47. The summed E-state index contributed by atoms with van der Waals surface area (Å²) in [5, 5.41) is 9.35. The van der Waals surface area contributed by atoms with Crippen LogP contribution in [0.15, 0.2) is 36.4 Å². The van der Waals surface area contributed by atoms with Crippen LogP contribution in [0.4, 0.5) is 8.78 Å². The van der Waals surface area contributed by atoms with Crippen LogP contribution < -0.4 is 4.74 Å². The highest BCUT2D eigenvalue weighted by molar-refractivity contribution is 5.31. The molecule has 0 spiro atoms. The zero-order chi connectivity index (χ0) is 14.7. The molecule has 2 aromatic rings. The summed E-state index contributed by atoms with van der Waals surface area (Å²) in [6.45, 7) is 3.53. The molecule has 20 heavy (non-hydrogen) atoms. The predicted octanol–water partition coefficient (Wildman–Crippen LogP) is 3.91. The van der Waals surface area contributed by atoms with Crippen molar-refractivity contribution in [1.82, 2.24) is 0 Å². The standard InChI is InChI=1S/C16H16F2O2/c1-10-7-13(17)4-3-12(10)9-20-14-5-6-15(11(2)19)16(18)8-14/h3-8,11,19H,9H2,1-2H3/t11-/m1/s1. The summed E-state index contributed by atoms with van der Waals surface area (Å²) in [4.78, 5) is 0. The maximum atomic E-state index is 13.7. The Morgan fingerprint density at radius 2 is 1.90 bits per heavy atom. The van der Waals surface area contributed by atoms with Gasteiger partial charge < -0.3 is 9.84 Å². The molecule has 0 radical (unpaired) electrons. The first-order valence-electron chi connectivity index (χ1n) is 6.32. The van der Waals surface area contributed by atoms with E-state index < -0.39 is 11.9 Å². The van der Waals surface area contributed by atoms with E-state index in [4.69, 9.17) is 4.74 Å². The smallest absolute Gasteiger partial charge is 0.132 e. The number of aliphatic hydroxyl groups is 1. The van der Waals surface area contributed by atoms with E-state index in [2.05, 4.69) is 0 Å². The van der Waals surface area contributed by atoms with Crippen molar-refractivity contribution in [3.63, 3.8) is 0 Å². The van der Waals surface area contributed by atoms with Gasteiger partial charge in [0.1, 0.15) is 24.0 Å². The minimum absolute atomic E-state index is 0.232. The molecule has 0 aliphatic carbocycles. The molecule has 0 amide bonds. The Balaban J connectivity index is 2.09. The maximum absolute atomic E-state index is 13.7. The van der Waals surface area contributed by atoms with Gasteiger partial charge in [0, 0.05) is 11.6 Å². The molecule has 2 rings (SSSR count). The zero-order valence-electron chi connectivity index (χ0n) is 11.4. The van der Waals surface area contributed by atoms with Crippen LogP contribution in [0.1, 0.15) is 29.7 Å². The Hall–Kier alpha value is -1.94. The highest BCUT2D eigenvalue weighted by Gasteiger charge is 2.09. The third-order valence-electron chi connectivity index (χ3n) is 3.12. The number of hydrogen-bond donors (Lipinski definition) is 1. The van der Waals surface area contributed by atoms with Crippen molar-refractivity contribution in [1.29, 1.82) is 0 Å². The van der Waals surface area contributed by atoms with Gasteiger partial charge in [-0.1, -0.05) is 6.07 Å². The first-order valence-corrected chi connectivity index (χ1v) is 6.32. The van der Waals surface area contributed by atoms with Gasteiger partial charge in [-0.15, -0.1) is 0 Å². The first kappa shape index (κ1) is 14.5. The highest BCUT2D eigenvalue weighted by atomic mass is 19.1. The molecule has 0 unspecified atom stereocenters. The van der Waals surface area contributed by atoms with E-state index in [1.165, 1.54) is 31.2 Å². The largest absolute Gasteiger partial charge is 0.489 e. The van der Waals surface area contributed by atoms with Gasteiger partial charge in [-0.2, -0.15) is 0 Å². The van der Waals surface area contributed by atoms with Crippen molar-refractivity contribution < 1.29 is 18.6 Å². The van der Waals surface area contributed by atoms with Gasteiger partial charge >= 0.3 is 0 Å². The van der Waals surface area contributed by atoms with Crippen molar-refractivity contribution in [2.45, 2.75) is 26.6 Å². The molecule has 0 aliphatic heterocycles.